The molecule has 0 radical (unpaired) electrons. The first-order valence-electron chi connectivity index (χ1n) is 5.56. The van der Waals surface area contributed by atoms with Gasteiger partial charge in [0.1, 0.15) is 16.4 Å². The summed E-state index contributed by atoms with van der Waals surface area (Å²) in [5.74, 6) is 0.862. The fourth-order valence-electron chi connectivity index (χ4n) is 1.61. The summed E-state index contributed by atoms with van der Waals surface area (Å²) >= 11 is 0. The van der Waals surface area contributed by atoms with Gasteiger partial charge in [-0.25, -0.2) is 13.1 Å². The molecule has 0 bridgehead atoms. The Labute approximate surface area is 108 Å². The largest absolute Gasteiger partial charge is 0.496 e. The number of sulfonamides is 1. The van der Waals surface area contributed by atoms with Gasteiger partial charge in [-0.3, -0.25) is 0 Å². The molecule has 0 aliphatic carbocycles. The lowest BCUT2D eigenvalue weighted by atomic mass is 10.2. The monoisotopic (exact) mass is 273 g/mol. The first kappa shape index (κ1) is 14.8. The van der Waals surface area contributed by atoms with E-state index in [1.807, 2.05) is 0 Å². The van der Waals surface area contributed by atoms with Crippen LogP contribution < -0.4 is 14.2 Å². The van der Waals surface area contributed by atoms with Crippen LogP contribution in [0.25, 0.3) is 0 Å². The van der Waals surface area contributed by atoms with Gasteiger partial charge in [0.25, 0.3) is 0 Å². The minimum Gasteiger partial charge on any atom is -0.496 e. The molecule has 0 saturated heterocycles. The molecule has 0 aromatic heterocycles. The van der Waals surface area contributed by atoms with Gasteiger partial charge in [-0.1, -0.05) is 0 Å². The van der Waals surface area contributed by atoms with E-state index in [0.717, 1.165) is 5.56 Å². The molecule has 0 unspecified atom stereocenters. The SMILES string of the molecule is COc1cc(OC)c(S(=O)(=O)NC(C)C)cc1C. The van der Waals surface area contributed by atoms with Crippen molar-refractivity contribution in [2.75, 3.05) is 14.2 Å². The Morgan fingerprint density at radius 1 is 1.11 bits per heavy atom. The summed E-state index contributed by atoms with van der Waals surface area (Å²) in [5, 5.41) is 0. The Morgan fingerprint density at radius 2 is 1.67 bits per heavy atom. The molecule has 0 aliphatic rings. The average molecular weight is 273 g/mol. The van der Waals surface area contributed by atoms with Crippen LogP contribution in [-0.2, 0) is 10.0 Å². The molecule has 5 nitrogen and oxygen atoms in total. The van der Waals surface area contributed by atoms with Crippen molar-refractivity contribution in [3.8, 4) is 11.5 Å². The Balaban J connectivity index is 3.36. The third kappa shape index (κ3) is 3.14. The number of nitrogens with one attached hydrogen (secondary N) is 1. The Bertz CT molecular complexity index is 523. The number of hydrogen-bond acceptors (Lipinski definition) is 4. The van der Waals surface area contributed by atoms with Gasteiger partial charge in [-0.2, -0.15) is 0 Å². The van der Waals surface area contributed by atoms with Crippen LogP contribution in [0.2, 0.25) is 0 Å². The number of rotatable bonds is 5. The summed E-state index contributed by atoms with van der Waals surface area (Å²) in [6.07, 6.45) is 0. The molecule has 1 aromatic rings. The van der Waals surface area contributed by atoms with E-state index in [9.17, 15) is 8.42 Å². The minimum atomic E-state index is -3.58. The number of aryl methyl sites for hydroxylation is 1. The average Bonchev–Trinajstić information content (AvgIpc) is 2.27. The van der Waals surface area contributed by atoms with Crippen LogP contribution in [0.3, 0.4) is 0 Å². The maximum absolute atomic E-state index is 12.1. The van der Waals surface area contributed by atoms with Gasteiger partial charge >= 0.3 is 0 Å². The molecule has 18 heavy (non-hydrogen) atoms. The molecule has 0 saturated carbocycles. The highest BCUT2D eigenvalue weighted by atomic mass is 32.2. The highest BCUT2D eigenvalue weighted by Gasteiger charge is 2.22. The maximum atomic E-state index is 12.1. The summed E-state index contributed by atoms with van der Waals surface area (Å²) in [6, 6.07) is 2.94. The fraction of sp³-hybridized carbons (Fsp3) is 0.500. The first-order valence-corrected chi connectivity index (χ1v) is 7.05. The second-order valence-electron chi connectivity index (χ2n) is 4.25. The van der Waals surface area contributed by atoms with Gasteiger partial charge < -0.3 is 9.47 Å². The molecule has 1 rings (SSSR count). The standard InChI is InChI=1S/C12H19NO4S/c1-8(2)13-18(14,15)12-6-9(3)10(16-4)7-11(12)17-5/h6-8,13H,1-5H3. The topological polar surface area (TPSA) is 64.6 Å². The zero-order valence-electron chi connectivity index (χ0n) is 11.3. The van der Waals surface area contributed by atoms with Crippen LogP contribution in [0.5, 0.6) is 11.5 Å². The lowest BCUT2D eigenvalue weighted by Crippen LogP contribution is -2.30. The van der Waals surface area contributed by atoms with Crippen molar-refractivity contribution < 1.29 is 17.9 Å². The van der Waals surface area contributed by atoms with Crippen molar-refractivity contribution in [2.45, 2.75) is 31.7 Å². The van der Waals surface area contributed by atoms with Crippen LogP contribution >= 0.6 is 0 Å². The van der Waals surface area contributed by atoms with E-state index >= 15 is 0 Å². The molecule has 1 aromatic carbocycles. The first-order chi connectivity index (χ1) is 8.31. The Hall–Kier alpha value is -1.27. The van der Waals surface area contributed by atoms with E-state index in [1.54, 1.807) is 32.9 Å². The van der Waals surface area contributed by atoms with Crippen molar-refractivity contribution in [2.24, 2.45) is 0 Å². The molecule has 0 aliphatic heterocycles. The predicted molar refractivity (Wildman–Crippen MR) is 69.7 cm³/mol. The number of ether oxygens (including phenoxy) is 2. The van der Waals surface area contributed by atoms with Crippen molar-refractivity contribution in [1.82, 2.24) is 4.72 Å². The van der Waals surface area contributed by atoms with Crippen molar-refractivity contribution in [3.63, 3.8) is 0 Å². The second-order valence-corrected chi connectivity index (χ2v) is 5.93. The highest BCUT2D eigenvalue weighted by molar-refractivity contribution is 7.89. The van der Waals surface area contributed by atoms with Gasteiger partial charge in [-0.15, -0.1) is 0 Å². The van der Waals surface area contributed by atoms with Gasteiger partial charge in [0.05, 0.1) is 14.2 Å². The lowest BCUT2D eigenvalue weighted by Gasteiger charge is -2.15. The van der Waals surface area contributed by atoms with E-state index in [-0.39, 0.29) is 16.7 Å². The molecular formula is C12H19NO4S. The molecule has 0 atom stereocenters. The van der Waals surface area contributed by atoms with E-state index in [2.05, 4.69) is 4.72 Å². The fourth-order valence-corrected chi connectivity index (χ4v) is 3.09. The molecule has 0 amide bonds. The minimum absolute atomic E-state index is 0.122. The van der Waals surface area contributed by atoms with Gasteiger partial charge in [-0.05, 0) is 32.4 Å². The lowest BCUT2D eigenvalue weighted by molar-refractivity contribution is 0.384. The third-order valence-corrected chi connectivity index (χ3v) is 4.04. The van der Waals surface area contributed by atoms with E-state index in [1.165, 1.54) is 14.2 Å². The van der Waals surface area contributed by atoms with Gasteiger partial charge in [0.2, 0.25) is 10.0 Å². The zero-order chi connectivity index (χ0) is 13.9. The van der Waals surface area contributed by atoms with Crippen molar-refractivity contribution >= 4 is 10.0 Å². The summed E-state index contributed by atoms with van der Waals surface area (Å²) in [7, 11) is -0.621. The van der Waals surface area contributed by atoms with Crippen molar-refractivity contribution in [3.05, 3.63) is 17.7 Å². The van der Waals surface area contributed by atoms with E-state index in [4.69, 9.17) is 9.47 Å². The molecular weight excluding hydrogens is 254 g/mol. The quantitative estimate of drug-likeness (QED) is 0.887. The summed E-state index contributed by atoms with van der Waals surface area (Å²) in [6.45, 7) is 5.31. The summed E-state index contributed by atoms with van der Waals surface area (Å²) < 4.78 is 37.1. The predicted octanol–water partition coefficient (Wildman–Crippen LogP) is 1.70. The van der Waals surface area contributed by atoms with E-state index in [0.29, 0.717) is 5.75 Å². The summed E-state index contributed by atoms with van der Waals surface area (Å²) in [4.78, 5) is 0.122. The number of methoxy groups -OCH3 is 2. The van der Waals surface area contributed by atoms with Crippen LogP contribution in [0.1, 0.15) is 19.4 Å². The van der Waals surface area contributed by atoms with Crippen LogP contribution in [-0.4, -0.2) is 28.7 Å². The smallest absolute Gasteiger partial charge is 0.244 e. The third-order valence-electron chi connectivity index (χ3n) is 2.36. The van der Waals surface area contributed by atoms with E-state index < -0.39 is 10.0 Å². The highest BCUT2D eigenvalue weighted by Crippen LogP contribution is 2.31. The Morgan fingerprint density at radius 3 is 2.11 bits per heavy atom. The second kappa shape index (κ2) is 5.58. The zero-order valence-corrected chi connectivity index (χ0v) is 12.1. The van der Waals surface area contributed by atoms with Crippen LogP contribution in [0.4, 0.5) is 0 Å². The normalized spacial score (nSPS) is 11.7. The number of benzene rings is 1. The number of hydrogen-bond donors (Lipinski definition) is 1. The van der Waals surface area contributed by atoms with Gasteiger partial charge in [0.15, 0.2) is 0 Å². The van der Waals surface area contributed by atoms with Crippen molar-refractivity contribution in [1.29, 1.82) is 0 Å². The Kier molecular flexibility index (Phi) is 4.59. The summed E-state index contributed by atoms with van der Waals surface area (Å²) in [5.41, 5.74) is 0.738. The molecule has 1 N–H and O–H groups in total. The van der Waals surface area contributed by atoms with Crippen LogP contribution in [0.15, 0.2) is 17.0 Å². The molecule has 0 spiro atoms. The molecule has 6 heteroatoms. The van der Waals surface area contributed by atoms with Crippen LogP contribution in [0, 0.1) is 6.92 Å². The molecule has 102 valence electrons. The molecule has 0 fully saturated rings. The maximum Gasteiger partial charge on any atom is 0.244 e. The molecule has 0 heterocycles. The van der Waals surface area contributed by atoms with Gasteiger partial charge in [0, 0.05) is 12.1 Å².